The highest BCUT2D eigenvalue weighted by Gasteiger charge is 2.39. The molecule has 33 heavy (non-hydrogen) atoms. The van der Waals surface area contributed by atoms with Crippen molar-refractivity contribution in [2.24, 2.45) is 0 Å². The van der Waals surface area contributed by atoms with Gasteiger partial charge in [-0.1, -0.05) is 47.5 Å². The van der Waals surface area contributed by atoms with Crippen LogP contribution in [0.25, 0.3) is 10.4 Å². The number of nitrogens with zero attached hydrogens (tertiary/aromatic N) is 1. The molecule has 1 unspecified atom stereocenters. The Labute approximate surface area is 200 Å². The summed E-state index contributed by atoms with van der Waals surface area (Å²) in [7, 11) is -3.33. The highest BCUT2D eigenvalue weighted by Crippen LogP contribution is 2.55. The molecule has 3 rings (SSSR count). The van der Waals surface area contributed by atoms with Crippen molar-refractivity contribution >= 4 is 35.6 Å². The van der Waals surface area contributed by atoms with Crippen LogP contribution in [0.3, 0.4) is 0 Å². The fraction of sp³-hybridized carbons (Fsp3) is 0.346. The van der Waals surface area contributed by atoms with Gasteiger partial charge >= 0.3 is 5.97 Å². The van der Waals surface area contributed by atoms with E-state index in [0.29, 0.717) is 17.6 Å². The minimum atomic E-state index is -3.33. The van der Waals surface area contributed by atoms with Gasteiger partial charge in [-0.2, -0.15) is 0 Å². The van der Waals surface area contributed by atoms with Gasteiger partial charge in [0.25, 0.3) is 0 Å². The molecule has 0 saturated carbocycles. The van der Waals surface area contributed by atoms with Gasteiger partial charge in [0.15, 0.2) is 0 Å². The first kappa shape index (κ1) is 25.2. The quantitative estimate of drug-likeness (QED) is 0.336. The third-order valence-corrected chi connectivity index (χ3v) is 9.85. The Bertz CT molecular complexity index is 1180. The van der Waals surface area contributed by atoms with E-state index in [4.69, 9.17) is 4.74 Å². The molecule has 0 amide bonds. The second-order valence-corrected chi connectivity index (χ2v) is 12.2. The molecule has 1 atom stereocenters. The van der Waals surface area contributed by atoms with Crippen molar-refractivity contribution in [2.45, 2.75) is 47.6 Å². The second-order valence-electron chi connectivity index (χ2n) is 8.55. The zero-order valence-corrected chi connectivity index (χ0v) is 21.8. The van der Waals surface area contributed by atoms with Crippen LogP contribution in [0, 0.1) is 20.8 Å². The third-order valence-electron chi connectivity index (χ3n) is 5.53. The van der Waals surface area contributed by atoms with Gasteiger partial charge in [0, 0.05) is 22.8 Å². The third kappa shape index (κ3) is 5.24. The van der Waals surface area contributed by atoms with Crippen molar-refractivity contribution in [3.05, 3.63) is 70.1 Å². The molecule has 5 nitrogen and oxygen atoms in total. The SMILES string of the molecule is CCOCP(=O)(c1ccc(C)cc1C)N(c1cc(-c2ccc(C)cc2)sc1C(=O)O)C(C)C. The molecule has 2 aromatic carbocycles. The molecule has 1 heterocycles. The topological polar surface area (TPSA) is 66.8 Å². The van der Waals surface area contributed by atoms with E-state index in [0.717, 1.165) is 27.1 Å². The van der Waals surface area contributed by atoms with E-state index < -0.39 is 13.3 Å². The van der Waals surface area contributed by atoms with Crippen LogP contribution in [-0.4, -0.2) is 30.1 Å². The largest absolute Gasteiger partial charge is 0.477 e. The minimum Gasteiger partial charge on any atom is -0.477 e. The Balaban J connectivity index is 2.25. The summed E-state index contributed by atoms with van der Waals surface area (Å²) < 4.78 is 22.4. The summed E-state index contributed by atoms with van der Waals surface area (Å²) in [6, 6.07) is 15.5. The Hall–Kier alpha value is -2.40. The van der Waals surface area contributed by atoms with Gasteiger partial charge < -0.3 is 14.5 Å². The molecule has 0 radical (unpaired) electrons. The molecule has 0 fully saturated rings. The normalized spacial score (nSPS) is 13.2. The van der Waals surface area contributed by atoms with Gasteiger partial charge in [-0.25, -0.2) is 4.79 Å². The summed E-state index contributed by atoms with van der Waals surface area (Å²) in [6.45, 7) is 12.1. The number of aryl methyl sites for hydroxylation is 3. The predicted octanol–water partition coefficient (Wildman–Crippen LogP) is 6.85. The van der Waals surface area contributed by atoms with Crippen LogP contribution in [0.15, 0.2) is 48.5 Å². The lowest BCUT2D eigenvalue weighted by molar-refractivity contribution is 0.0703. The minimum absolute atomic E-state index is 0.0142. The maximum absolute atomic E-state index is 14.8. The average molecular weight is 486 g/mol. The highest BCUT2D eigenvalue weighted by molar-refractivity contribution is 7.73. The van der Waals surface area contributed by atoms with Gasteiger partial charge in [0.05, 0.1) is 5.69 Å². The van der Waals surface area contributed by atoms with Gasteiger partial charge in [0.2, 0.25) is 7.29 Å². The van der Waals surface area contributed by atoms with E-state index in [1.54, 1.807) is 4.67 Å². The summed E-state index contributed by atoms with van der Waals surface area (Å²) in [5.41, 5.74) is 4.54. The van der Waals surface area contributed by atoms with Crippen molar-refractivity contribution in [1.29, 1.82) is 0 Å². The fourth-order valence-electron chi connectivity index (χ4n) is 4.05. The molecule has 7 heteroatoms. The van der Waals surface area contributed by atoms with E-state index in [2.05, 4.69) is 0 Å². The average Bonchev–Trinajstić information content (AvgIpc) is 3.17. The van der Waals surface area contributed by atoms with E-state index in [1.165, 1.54) is 11.3 Å². The maximum Gasteiger partial charge on any atom is 0.348 e. The van der Waals surface area contributed by atoms with Crippen LogP contribution in [-0.2, 0) is 9.30 Å². The zero-order valence-electron chi connectivity index (χ0n) is 20.1. The van der Waals surface area contributed by atoms with Gasteiger partial charge in [-0.05, 0) is 64.8 Å². The van der Waals surface area contributed by atoms with E-state index in [1.807, 2.05) is 90.1 Å². The van der Waals surface area contributed by atoms with Crippen LogP contribution < -0.4 is 9.97 Å². The standard InChI is InChI=1S/C26H32NO4PS/c1-7-31-16-32(30,23-13-10-19(5)14-20(23)6)27(17(2)3)22-15-24(33-25(22)26(28)29)21-11-8-18(4)9-12-21/h8-15,17H,7,16H2,1-6H3,(H,28,29). The lowest BCUT2D eigenvalue weighted by Gasteiger charge is -2.37. The molecule has 176 valence electrons. The number of hydrogen-bond acceptors (Lipinski definition) is 4. The Morgan fingerprint density at radius 1 is 1.06 bits per heavy atom. The first-order valence-electron chi connectivity index (χ1n) is 11.1. The van der Waals surface area contributed by atoms with Gasteiger partial charge in [0.1, 0.15) is 11.2 Å². The van der Waals surface area contributed by atoms with Crippen LogP contribution in [0.4, 0.5) is 5.69 Å². The number of carboxylic acid groups (broad SMARTS) is 1. The number of aromatic carboxylic acids is 1. The number of rotatable bonds is 9. The lowest BCUT2D eigenvalue weighted by atomic mass is 10.1. The first-order valence-corrected chi connectivity index (χ1v) is 13.7. The summed E-state index contributed by atoms with van der Waals surface area (Å²) in [4.78, 5) is 13.3. The first-order chi connectivity index (χ1) is 15.6. The van der Waals surface area contributed by atoms with Crippen molar-refractivity contribution < 1.29 is 19.2 Å². The number of anilines is 1. The van der Waals surface area contributed by atoms with Crippen LogP contribution in [0.5, 0.6) is 0 Å². The molecule has 0 saturated heterocycles. The van der Waals surface area contributed by atoms with Crippen LogP contribution in [0.1, 0.15) is 47.1 Å². The fourth-order valence-corrected chi connectivity index (χ4v) is 8.21. The Morgan fingerprint density at radius 2 is 1.70 bits per heavy atom. The number of thiophene rings is 1. The maximum atomic E-state index is 14.8. The number of hydrogen-bond donors (Lipinski definition) is 1. The molecule has 3 aromatic rings. The van der Waals surface area contributed by atoms with Crippen molar-refractivity contribution in [1.82, 2.24) is 0 Å². The molecule has 0 bridgehead atoms. The van der Waals surface area contributed by atoms with Crippen LogP contribution in [0.2, 0.25) is 0 Å². The summed E-state index contributed by atoms with van der Waals surface area (Å²) in [5.74, 6) is -1.03. The molecular formula is C26H32NO4PS. The van der Waals surface area contributed by atoms with E-state index >= 15 is 0 Å². The Morgan fingerprint density at radius 3 is 2.24 bits per heavy atom. The van der Waals surface area contributed by atoms with E-state index in [-0.39, 0.29) is 17.3 Å². The number of carbonyl (C=O) groups is 1. The van der Waals surface area contributed by atoms with Crippen molar-refractivity contribution in [3.63, 3.8) is 0 Å². The molecule has 0 aliphatic rings. The Kier molecular flexibility index (Phi) is 7.84. The molecule has 1 aromatic heterocycles. The van der Waals surface area contributed by atoms with Crippen LogP contribution >= 0.6 is 18.6 Å². The molecular weight excluding hydrogens is 453 g/mol. The molecule has 1 N–H and O–H groups in total. The summed E-state index contributed by atoms with van der Waals surface area (Å²) >= 11 is 1.21. The molecule has 0 aliphatic carbocycles. The number of carboxylic acids is 1. The molecule has 0 spiro atoms. The van der Waals surface area contributed by atoms with Gasteiger partial charge in [-0.15, -0.1) is 11.3 Å². The zero-order chi connectivity index (χ0) is 24.3. The summed E-state index contributed by atoms with van der Waals surface area (Å²) in [6.07, 6.45) is 0.0142. The van der Waals surface area contributed by atoms with Crippen molar-refractivity contribution in [3.8, 4) is 10.4 Å². The summed E-state index contributed by atoms with van der Waals surface area (Å²) in [5, 5.41) is 10.8. The number of benzene rings is 2. The number of ether oxygens (including phenoxy) is 1. The monoisotopic (exact) mass is 485 g/mol. The lowest BCUT2D eigenvalue weighted by Crippen LogP contribution is -2.35. The van der Waals surface area contributed by atoms with Crippen molar-refractivity contribution in [2.75, 3.05) is 17.6 Å². The molecule has 0 aliphatic heterocycles. The predicted molar refractivity (Wildman–Crippen MR) is 139 cm³/mol. The highest BCUT2D eigenvalue weighted by atomic mass is 32.1. The smallest absolute Gasteiger partial charge is 0.348 e. The van der Waals surface area contributed by atoms with E-state index in [9.17, 15) is 14.5 Å². The second kappa shape index (κ2) is 10.3. The van der Waals surface area contributed by atoms with Gasteiger partial charge in [-0.3, -0.25) is 4.57 Å².